The zero-order valence-corrected chi connectivity index (χ0v) is 13.3. The number of pyridine rings is 1. The Bertz CT molecular complexity index is 418. The van der Waals surface area contributed by atoms with E-state index >= 15 is 0 Å². The monoisotopic (exact) mass is 270 g/mol. The summed E-state index contributed by atoms with van der Waals surface area (Å²) in [7, 11) is 0. The number of aryl methyl sites for hydroxylation is 1. The molecule has 1 atom stereocenters. The van der Waals surface area contributed by atoms with Crippen LogP contribution in [0.5, 0.6) is 0 Å². The van der Waals surface area contributed by atoms with Gasteiger partial charge in [0.25, 0.3) is 0 Å². The maximum atomic E-state index is 5.94. The zero-order valence-electron chi connectivity index (χ0n) is 11.6. The van der Waals surface area contributed by atoms with Gasteiger partial charge in [-0.2, -0.15) is 0 Å². The molecule has 2 nitrogen and oxygen atoms in total. The minimum atomic E-state index is -1.69. The molecule has 1 heterocycles. The molecule has 17 heavy (non-hydrogen) atoms. The first-order valence-electron chi connectivity index (χ1n) is 5.97. The summed E-state index contributed by atoms with van der Waals surface area (Å²) < 4.78 is 0. The van der Waals surface area contributed by atoms with Crippen LogP contribution < -0.4 is 5.09 Å². The molecule has 0 radical (unpaired) electrons. The predicted molar refractivity (Wildman–Crippen MR) is 81.8 cm³/mol. The summed E-state index contributed by atoms with van der Waals surface area (Å²) in [6.45, 7) is 13.1. The van der Waals surface area contributed by atoms with Crippen LogP contribution in [0.1, 0.15) is 40.2 Å². The molecule has 0 fully saturated rings. The number of hydrogen-bond acceptors (Lipinski definition) is 2. The van der Waals surface area contributed by atoms with Gasteiger partial charge < -0.3 is 5.09 Å². The molecule has 1 N–H and O–H groups in total. The van der Waals surface area contributed by atoms with E-state index in [1.165, 1.54) is 5.56 Å². The molecule has 0 amide bonds. The van der Waals surface area contributed by atoms with E-state index in [1.807, 2.05) is 19.2 Å². The van der Waals surface area contributed by atoms with Gasteiger partial charge in [-0.15, -0.1) is 0 Å². The van der Waals surface area contributed by atoms with Crippen molar-refractivity contribution in [2.45, 2.75) is 52.4 Å². The molecule has 0 unspecified atom stereocenters. The first-order valence-corrected chi connectivity index (χ1v) is 8.85. The van der Waals surface area contributed by atoms with Crippen LogP contribution in [0, 0.1) is 6.92 Å². The van der Waals surface area contributed by atoms with Crippen LogP contribution in [-0.2, 0) is 11.8 Å². The Morgan fingerprint density at radius 3 is 2.24 bits per heavy atom. The SMILES string of the molecule is Cc1ccc(N[P@](=S)(C(C)C)C(C)(C)C)nc1. The van der Waals surface area contributed by atoms with E-state index in [-0.39, 0.29) is 5.16 Å². The van der Waals surface area contributed by atoms with Gasteiger partial charge in [-0.25, -0.2) is 4.98 Å². The molecule has 0 spiro atoms. The Balaban J connectivity index is 3.04. The molecule has 0 saturated carbocycles. The van der Waals surface area contributed by atoms with Gasteiger partial charge in [0.15, 0.2) is 0 Å². The van der Waals surface area contributed by atoms with Crippen LogP contribution in [0.25, 0.3) is 0 Å². The largest absolute Gasteiger partial charge is 0.341 e. The molecular weight excluding hydrogens is 247 g/mol. The van der Waals surface area contributed by atoms with E-state index in [4.69, 9.17) is 11.8 Å². The maximum Gasteiger partial charge on any atom is 0.129 e. The van der Waals surface area contributed by atoms with Crippen molar-refractivity contribution in [1.82, 2.24) is 4.98 Å². The van der Waals surface area contributed by atoms with Crippen LogP contribution in [-0.4, -0.2) is 15.8 Å². The predicted octanol–water partition coefficient (Wildman–Crippen LogP) is 4.40. The molecule has 1 aromatic heterocycles. The normalized spacial score (nSPS) is 15.7. The van der Waals surface area contributed by atoms with Gasteiger partial charge in [0.05, 0.1) is 0 Å². The Kier molecular flexibility index (Phi) is 4.38. The molecule has 1 aromatic rings. The summed E-state index contributed by atoms with van der Waals surface area (Å²) >= 11 is 5.94. The van der Waals surface area contributed by atoms with E-state index in [2.05, 4.69) is 50.8 Å². The third-order valence-electron chi connectivity index (χ3n) is 2.92. The number of nitrogens with one attached hydrogen (secondary N) is 1. The summed E-state index contributed by atoms with van der Waals surface area (Å²) in [4.78, 5) is 4.41. The zero-order chi connectivity index (χ0) is 13.3. The summed E-state index contributed by atoms with van der Waals surface area (Å²) in [5.74, 6) is 0.905. The Hall–Kier alpha value is -0.400. The molecule has 0 aliphatic heterocycles. The van der Waals surface area contributed by atoms with Crippen LogP contribution in [0.3, 0.4) is 0 Å². The summed E-state index contributed by atoms with van der Waals surface area (Å²) in [6.07, 6.45) is 0.189. The van der Waals surface area contributed by atoms with Gasteiger partial charge in [-0.1, -0.05) is 52.5 Å². The van der Waals surface area contributed by atoms with Crippen molar-refractivity contribution in [3.8, 4) is 0 Å². The van der Waals surface area contributed by atoms with Crippen molar-refractivity contribution in [3.05, 3.63) is 23.9 Å². The quantitative estimate of drug-likeness (QED) is 0.824. The van der Waals surface area contributed by atoms with Gasteiger partial charge in [0.1, 0.15) is 5.82 Å². The van der Waals surface area contributed by atoms with Gasteiger partial charge in [-0.3, -0.25) is 0 Å². The van der Waals surface area contributed by atoms with Crippen molar-refractivity contribution < 1.29 is 0 Å². The van der Waals surface area contributed by atoms with Gasteiger partial charge in [-0.05, 0) is 24.2 Å². The third-order valence-corrected chi connectivity index (χ3v) is 10.1. The van der Waals surface area contributed by atoms with E-state index in [0.717, 1.165) is 5.82 Å². The first-order chi connectivity index (χ1) is 7.67. The lowest BCUT2D eigenvalue weighted by atomic mass is 10.3. The Morgan fingerprint density at radius 1 is 1.29 bits per heavy atom. The average molecular weight is 270 g/mol. The molecule has 0 aromatic carbocycles. The van der Waals surface area contributed by atoms with Crippen LogP contribution >= 0.6 is 6.19 Å². The number of rotatable bonds is 3. The van der Waals surface area contributed by atoms with Crippen LogP contribution in [0.15, 0.2) is 18.3 Å². The minimum absolute atomic E-state index is 0.100. The topological polar surface area (TPSA) is 24.9 Å². The van der Waals surface area contributed by atoms with Crippen LogP contribution in [0.2, 0.25) is 0 Å². The van der Waals surface area contributed by atoms with Gasteiger partial charge in [0.2, 0.25) is 0 Å². The highest BCUT2D eigenvalue weighted by Gasteiger charge is 2.34. The van der Waals surface area contributed by atoms with Gasteiger partial charge >= 0.3 is 0 Å². The highest BCUT2D eigenvalue weighted by molar-refractivity contribution is 8.16. The minimum Gasteiger partial charge on any atom is -0.341 e. The Morgan fingerprint density at radius 2 is 1.88 bits per heavy atom. The lowest BCUT2D eigenvalue weighted by Gasteiger charge is -2.39. The van der Waals surface area contributed by atoms with Crippen molar-refractivity contribution >= 4 is 23.8 Å². The van der Waals surface area contributed by atoms with E-state index in [1.54, 1.807) is 0 Å². The summed E-state index contributed by atoms with van der Waals surface area (Å²) in [6, 6.07) is 4.09. The average Bonchev–Trinajstić information content (AvgIpc) is 2.19. The molecule has 0 saturated heterocycles. The highest BCUT2D eigenvalue weighted by Crippen LogP contribution is 2.60. The standard InChI is InChI=1S/C13H23N2PS/c1-10(2)16(17,13(4,5)6)15-12-8-7-11(3)9-14-12/h7-10H,1-6H3,(H,14,15,17)/t16-/m0/s1. The fourth-order valence-corrected chi connectivity index (χ4v) is 4.67. The smallest absolute Gasteiger partial charge is 0.129 e. The van der Waals surface area contributed by atoms with Gasteiger partial charge in [0, 0.05) is 17.5 Å². The van der Waals surface area contributed by atoms with Crippen molar-refractivity contribution in [2.24, 2.45) is 0 Å². The first kappa shape index (κ1) is 14.7. The lowest BCUT2D eigenvalue weighted by molar-refractivity contribution is 0.770. The molecular formula is C13H23N2PS. The fraction of sp³-hybridized carbons (Fsp3) is 0.615. The number of aromatic nitrogens is 1. The van der Waals surface area contributed by atoms with E-state index in [9.17, 15) is 0 Å². The second kappa shape index (κ2) is 5.07. The summed E-state index contributed by atoms with van der Waals surface area (Å²) in [5, 5.41) is 3.64. The second-order valence-electron chi connectivity index (χ2n) is 5.76. The molecule has 0 aliphatic carbocycles. The van der Waals surface area contributed by atoms with E-state index < -0.39 is 6.19 Å². The van der Waals surface area contributed by atoms with E-state index in [0.29, 0.717) is 5.66 Å². The number of nitrogens with zero attached hydrogens (tertiary/aromatic N) is 1. The number of anilines is 1. The lowest BCUT2D eigenvalue weighted by Crippen LogP contribution is -2.25. The molecule has 4 heteroatoms. The Labute approximate surface area is 110 Å². The molecule has 0 bridgehead atoms. The maximum absolute atomic E-state index is 5.94. The van der Waals surface area contributed by atoms with Crippen molar-refractivity contribution in [2.75, 3.05) is 5.09 Å². The van der Waals surface area contributed by atoms with Crippen LogP contribution in [0.4, 0.5) is 5.82 Å². The fourth-order valence-electron chi connectivity index (χ4n) is 1.78. The second-order valence-corrected chi connectivity index (χ2v) is 11.4. The summed E-state index contributed by atoms with van der Waals surface area (Å²) in [5.41, 5.74) is 1.63. The number of hydrogen-bond donors (Lipinski definition) is 1. The molecule has 1 rings (SSSR count). The van der Waals surface area contributed by atoms with Crippen molar-refractivity contribution in [3.63, 3.8) is 0 Å². The van der Waals surface area contributed by atoms with Crippen molar-refractivity contribution in [1.29, 1.82) is 0 Å². The third kappa shape index (κ3) is 3.29. The highest BCUT2D eigenvalue weighted by atomic mass is 32.4. The molecule has 0 aliphatic rings. The molecule has 96 valence electrons.